The second kappa shape index (κ2) is 14.7. The smallest absolute Gasteiger partial charge is 0.193 e. The molecule has 0 amide bonds. The van der Waals surface area contributed by atoms with Gasteiger partial charge in [-0.3, -0.25) is 4.99 Å². The zero-order valence-corrected chi connectivity index (χ0v) is 19.8. The van der Waals surface area contributed by atoms with E-state index in [-0.39, 0.29) is 24.0 Å². The summed E-state index contributed by atoms with van der Waals surface area (Å²) in [6.07, 6.45) is 4.45. The Balaban J connectivity index is 0.00000392. The molecule has 28 heavy (non-hydrogen) atoms. The average Bonchev–Trinajstić information content (AvgIpc) is 2.72. The van der Waals surface area contributed by atoms with E-state index in [1.807, 2.05) is 24.3 Å². The first-order valence-electron chi connectivity index (χ1n) is 10.1. The second-order valence-electron chi connectivity index (χ2n) is 6.88. The Hall–Kier alpha value is -1.22. The van der Waals surface area contributed by atoms with E-state index in [1.54, 1.807) is 7.11 Å². The summed E-state index contributed by atoms with van der Waals surface area (Å²) in [6.45, 7) is 7.24. The Morgan fingerprint density at radius 2 is 1.89 bits per heavy atom. The van der Waals surface area contributed by atoms with Crippen LogP contribution < -0.4 is 14.8 Å². The molecule has 1 fully saturated rings. The number of guanidine groups is 1. The van der Waals surface area contributed by atoms with Crippen LogP contribution in [0, 0.1) is 5.92 Å². The largest absolute Gasteiger partial charge is 0.497 e. The molecule has 1 aliphatic rings. The molecule has 1 heterocycles. The molecule has 0 aromatic heterocycles. The first-order valence-corrected chi connectivity index (χ1v) is 10.1. The Kier molecular flexibility index (Phi) is 13.1. The van der Waals surface area contributed by atoms with E-state index in [2.05, 4.69) is 24.2 Å². The highest BCUT2D eigenvalue weighted by Crippen LogP contribution is 2.19. The minimum absolute atomic E-state index is 0. The summed E-state index contributed by atoms with van der Waals surface area (Å²) in [5, 5.41) is 3.39. The van der Waals surface area contributed by atoms with Crippen molar-refractivity contribution >= 4 is 29.9 Å². The van der Waals surface area contributed by atoms with Crippen LogP contribution in [0.15, 0.2) is 29.3 Å². The van der Waals surface area contributed by atoms with Gasteiger partial charge in [0.2, 0.25) is 0 Å². The SMILES string of the molecule is CCNC(=NCCCOc1ccc(OC)cc1)N(C)CCC1CCOCC1.I. The molecule has 0 bridgehead atoms. The molecule has 1 N–H and O–H groups in total. The summed E-state index contributed by atoms with van der Waals surface area (Å²) in [5.74, 6) is 3.46. The molecule has 0 aliphatic carbocycles. The van der Waals surface area contributed by atoms with Gasteiger partial charge in [0.25, 0.3) is 0 Å². The van der Waals surface area contributed by atoms with Gasteiger partial charge in [-0.15, -0.1) is 24.0 Å². The summed E-state index contributed by atoms with van der Waals surface area (Å²) in [5.41, 5.74) is 0. The molecule has 0 atom stereocenters. The van der Waals surface area contributed by atoms with Gasteiger partial charge in [-0.2, -0.15) is 0 Å². The van der Waals surface area contributed by atoms with E-state index >= 15 is 0 Å². The first kappa shape index (κ1) is 24.8. The predicted molar refractivity (Wildman–Crippen MR) is 125 cm³/mol. The Labute approximate surface area is 187 Å². The number of benzene rings is 1. The fourth-order valence-corrected chi connectivity index (χ4v) is 3.10. The molecule has 0 radical (unpaired) electrons. The number of rotatable bonds is 10. The van der Waals surface area contributed by atoms with E-state index in [0.29, 0.717) is 6.61 Å². The fraction of sp³-hybridized carbons (Fsp3) is 0.667. The maximum atomic E-state index is 5.76. The number of hydrogen-bond donors (Lipinski definition) is 1. The minimum atomic E-state index is 0. The topological polar surface area (TPSA) is 55.3 Å². The molecular formula is C21H36IN3O3. The van der Waals surface area contributed by atoms with Crippen molar-refractivity contribution in [1.82, 2.24) is 10.2 Å². The van der Waals surface area contributed by atoms with Gasteiger partial charge in [-0.05, 0) is 56.4 Å². The number of hydrogen-bond acceptors (Lipinski definition) is 4. The van der Waals surface area contributed by atoms with E-state index < -0.39 is 0 Å². The molecule has 2 rings (SSSR count). The van der Waals surface area contributed by atoms with Gasteiger partial charge in [0.15, 0.2) is 5.96 Å². The Bertz CT molecular complexity index is 548. The standard InChI is InChI=1S/C21H35N3O3.HI/c1-4-22-21(24(2)14-10-18-11-16-26-17-12-18)23-13-5-15-27-20-8-6-19(25-3)7-9-20;/h6-9,18H,4-5,10-17H2,1-3H3,(H,22,23);1H. The van der Waals surface area contributed by atoms with Gasteiger partial charge in [-0.25, -0.2) is 0 Å². The summed E-state index contributed by atoms with van der Waals surface area (Å²) in [6, 6.07) is 7.67. The van der Waals surface area contributed by atoms with Crippen LogP contribution in [-0.4, -0.2) is 64.5 Å². The number of nitrogens with one attached hydrogen (secondary N) is 1. The lowest BCUT2D eigenvalue weighted by Crippen LogP contribution is -2.40. The zero-order chi connectivity index (χ0) is 19.3. The van der Waals surface area contributed by atoms with E-state index in [1.165, 1.54) is 19.3 Å². The average molecular weight is 505 g/mol. The lowest BCUT2D eigenvalue weighted by Gasteiger charge is -2.26. The highest BCUT2D eigenvalue weighted by molar-refractivity contribution is 14.0. The number of halogens is 1. The van der Waals surface area contributed by atoms with Crippen LogP contribution in [0.1, 0.15) is 32.6 Å². The second-order valence-corrected chi connectivity index (χ2v) is 6.88. The third-order valence-electron chi connectivity index (χ3n) is 4.80. The summed E-state index contributed by atoms with van der Waals surface area (Å²) >= 11 is 0. The number of nitrogens with zero attached hydrogens (tertiary/aromatic N) is 2. The van der Waals surface area contributed by atoms with Crippen LogP contribution >= 0.6 is 24.0 Å². The van der Waals surface area contributed by atoms with Crippen molar-refractivity contribution < 1.29 is 14.2 Å². The molecule has 0 spiro atoms. The first-order chi connectivity index (χ1) is 13.2. The van der Waals surface area contributed by atoms with Crippen molar-refractivity contribution in [2.24, 2.45) is 10.9 Å². The van der Waals surface area contributed by atoms with Gasteiger partial charge in [0, 0.05) is 46.3 Å². The monoisotopic (exact) mass is 505 g/mol. The van der Waals surface area contributed by atoms with Crippen LogP contribution in [0.4, 0.5) is 0 Å². The van der Waals surface area contributed by atoms with Crippen molar-refractivity contribution in [3.63, 3.8) is 0 Å². The van der Waals surface area contributed by atoms with Crippen molar-refractivity contribution in [2.45, 2.75) is 32.6 Å². The molecule has 0 unspecified atom stereocenters. The predicted octanol–water partition coefficient (Wildman–Crippen LogP) is 3.80. The molecule has 7 heteroatoms. The minimum Gasteiger partial charge on any atom is -0.497 e. The molecule has 0 saturated carbocycles. The van der Waals surface area contributed by atoms with Crippen molar-refractivity contribution in [1.29, 1.82) is 0 Å². The lowest BCUT2D eigenvalue weighted by molar-refractivity contribution is 0.0625. The number of methoxy groups -OCH3 is 1. The number of aliphatic imine (C=N–C) groups is 1. The van der Waals surface area contributed by atoms with Crippen LogP contribution in [0.5, 0.6) is 11.5 Å². The quantitative estimate of drug-likeness (QED) is 0.227. The van der Waals surface area contributed by atoms with Crippen LogP contribution in [0.25, 0.3) is 0 Å². The van der Waals surface area contributed by atoms with Gasteiger partial charge in [-0.1, -0.05) is 0 Å². The van der Waals surface area contributed by atoms with E-state index in [0.717, 1.165) is 62.6 Å². The number of ether oxygens (including phenoxy) is 3. The molecule has 1 aromatic rings. The fourth-order valence-electron chi connectivity index (χ4n) is 3.10. The molecule has 1 saturated heterocycles. The zero-order valence-electron chi connectivity index (χ0n) is 17.5. The van der Waals surface area contributed by atoms with E-state index in [9.17, 15) is 0 Å². The van der Waals surface area contributed by atoms with Gasteiger partial charge >= 0.3 is 0 Å². The molecule has 160 valence electrons. The normalized spacial score (nSPS) is 14.9. The molecule has 1 aliphatic heterocycles. The third-order valence-corrected chi connectivity index (χ3v) is 4.80. The Morgan fingerprint density at radius 3 is 2.54 bits per heavy atom. The summed E-state index contributed by atoms with van der Waals surface area (Å²) < 4.78 is 16.4. The molecule has 1 aromatic carbocycles. The van der Waals surface area contributed by atoms with Gasteiger partial charge in [0.05, 0.1) is 13.7 Å². The highest BCUT2D eigenvalue weighted by Gasteiger charge is 2.15. The third kappa shape index (κ3) is 9.32. The van der Waals surface area contributed by atoms with Crippen molar-refractivity contribution in [3.05, 3.63) is 24.3 Å². The summed E-state index contributed by atoms with van der Waals surface area (Å²) in [7, 11) is 3.78. The Morgan fingerprint density at radius 1 is 1.21 bits per heavy atom. The maximum absolute atomic E-state index is 5.76. The van der Waals surface area contributed by atoms with Gasteiger partial charge in [0.1, 0.15) is 11.5 Å². The van der Waals surface area contributed by atoms with Crippen molar-refractivity contribution in [2.75, 3.05) is 53.6 Å². The van der Waals surface area contributed by atoms with Crippen LogP contribution in [-0.2, 0) is 4.74 Å². The van der Waals surface area contributed by atoms with Crippen LogP contribution in [0.2, 0.25) is 0 Å². The maximum Gasteiger partial charge on any atom is 0.193 e. The molecule has 6 nitrogen and oxygen atoms in total. The summed E-state index contributed by atoms with van der Waals surface area (Å²) in [4.78, 5) is 6.98. The highest BCUT2D eigenvalue weighted by atomic mass is 127. The van der Waals surface area contributed by atoms with Crippen LogP contribution in [0.3, 0.4) is 0 Å². The lowest BCUT2D eigenvalue weighted by atomic mass is 9.96. The van der Waals surface area contributed by atoms with E-state index in [4.69, 9.17) is 19.2 Å². The van der Waals surface area contributed by atoms with Gasteiger partial charge < -0.3 is 24.4 Å². The van der Waals surface area contributed by atoms with Crippen molar-refractivity contribution in [3.8, 4) is 11.5 Å². The molecular weight excluding hydrogens is 469 g/mol.